The van der Waals surface area contributed by atoms with Gasteiger partial charge in [-0.3, -0.25) is 20.3 Å². The number of rotatable bonds is 1. The second-order valence-electron chi connectivity index (χ2n) is 6.10. The van der Waals surface area contributed by atoms with E-state index in [0.29, 0.717) is 0 Å². The summed E-state index contributed by atoms with van der Waals surface area (Å²) in [7, 11) is 1.67. The molecule has 23 heavy (non-hydrogen) atoms. The average Bonchev–Trinajstić information content (AvgIpc) is 2.93. The van der Waals surface area contributed by atoms with Crippen LogP contribution in [0.3, 0.4) is 0 Å². The Balaban J connectivity index is 1.66. The molecule has 3 aliphatic rings. The number of carbonyl (C=O) groups is 2. The van der Waals surface area contributed by atoms with Gasteiger partial charge in [0.05, 0.1) is 0 Å². The minimum absolute atomic E-state index is 0.191. The topological polar surface area (TPSA) is 67.9 Å². The van der Waals surface area contributed by atoms with E-state index in [1.165, 1.54) is 17.0 Å². The first-order valence-electron chi connectivity index (χ1n) is 7.68. The minimum Gasteiger partial charge on any atom is -0.343 e. The third kappa shape index (κ3) is 2.17. The average molecular weight is 319 g/mol. The first-order chi connectivity index (χ1) is 11.1. The summed E-state index contributed by atoms with van der Waals surface area (Å²) in [4.78, 5) is 29.8. The monoisotopic (exact) mass is 319 g/mol. The van der Waals surface area contributed by atoms with E-state index in [9.17, 15) is 14.0 Å². The first-order valence-corrected chi connectivity index (χ1v) is 7.68. The van der Waals surface area contributed by atoms with Crippen LogP contribution in [0.15, 0.2) is 24.3 Å². The zero-order valence-electron chi connectivity index (χ0n) is 12.7. The summed E-state index contributed by atoms with van der Waals surface area (Å²) in [5.74, 6) is -0.547. The third-order valence-electron chi connectivity index (χ3n) is 4.80. The van der Waals surface area contributed by atoms with Gasteiger partial charge in [0.1, 0.15) is 24.3 Å². The molecule has 4 rings (SSSR count). The Morgan fingerprint density at radius 1 is 1.17 bits per heavy atom. The molecule has 0 radical (unpaired) electrons. The van der Waals surface area contributed by atoms with Crippen molar-refractivity contribution in [1.29, 1.82) is 0 Å². The fraction of sp³-hybridized carbons (Fsp3) is 0.467. The smallest absolute Gasteiger partial charge is 0.325 e. The molecule has 0 bridgehead atoms. The van der Waals surface area contributed by atoms with Crippen LogP contribution >= 0.6 is 0 Å². The molecule has 3 heterocycles. The normalized spacial score (nSPS) is 31.0. The van der Waals surface area contributed by atoms with Gasteiger partial charge in [-0.1, -0.05) is 0 Å². The van der Waals surface area contributed by atoms with Crippen LogP contribution in [0, 0.1) is 5.82 Å². The first kappa shape index (κ1) is 14.4. The Bertz CT molecular complexity index is 652. The number of anilines is 1. The molecule has 3 unspecified atom stereocenters. The number of nitrogens with one attached hydrogen (secondary N) is 2. The second kappa shape index (κ2) is 5.17. The molecule has 3 atom stereocenters. The Morgan fingerprint density at radius 2 is 1.91 bits per heavy atom. The van der Waals surface area contributed by atoms with Crippen molar-refractivity contribution in [3.05, 3.63) is 30.1 Å². The second-order valence-corrected chi connectivity index (χ2v) is 6.10. The largest absolute Gasteiger partial charge is 0.343 e. The van der Waals surface area contributed by atoms with Crippen LogP contribution in [0.5, 0.6) is 0 Å². The maximum Gasteiger partial charge on any atom is 0.325 e. The van der Waals surface area contributed by atoms with Gasteiger partial charge in [0.15, 0.2) is 0 Å². The quantitative estimate of drug-likeness (QED) is 0.768. The van der Waals surface area contributed by atoms with Crippen LogP contribution in [0.4, 0.5) is 14.9 Å². The number of hydrogen-bond donors (Lipinski definition) is 2. The van der Waals surface area contributed by atoms with Gasteiger partial charge in [0.2, 0.25) is 5.91 Å². The van der Waals surface area contributed by atoms with E-state index >= 15 is 0 Å². The lowest BCUT2D eigenvalue weighted by atomic mass is 10.1. The lowest BCUT2D eigenvalue weighted by Crippen LogP contribution is -2.65. The number of carbonyl (C=O) groups excluding carboxylic acids is 2. The molecule has 3 amide bonds. The zero-order chi connectivity index (χ0) is 16.1. The summed E-state index contributed by atoms with van der Waals surface area (Å²) < 4.78 is 13.2. The highest BCUT2D eigenvalue weighted by Crippen LogP contribution is 2.31. The SMILES string of the molecule is CN1C(=O)NC(=O)C2C1NC1N(c3ccc(F)cc3)CCCN21. The number of fused-ring (bicyclic) bond motifs is 3. The van der Waals surface area contributed by atoms with Gasteiger partial charge in [0, 0.05) is 25.8 Å². The van der Waals surface area contributed by atoms with Gasteiger partial charge in [-0.2, -0.15) is 0 Å². The van der Waals surface area contributed by atoms with E-state index < -0.39 is 12.1 Å². The number of likely N-dealkylation sites (N-methyl/N-ethyl adjacent to an activating group) is 1. The molecule has 122 valence electrons. The van der Waals surface area contributed by atoms with Gasteiger partial charge in [0.25, 0.3) is 0 Å². The predicted molar refractivity (Wildman–Crippen MR) is 80.9 cm³/mol. The van der Waals surface area contributed by atoms with Crippen molar-refractivity contribution in [1.82, 2.24) is 20.4 Å². The predicted octanol–water partition coefficient (Wildman–Crippen LogP) is 0.101. The molecule has 2 N–H and O–H groups in total. The molecule has 3 saturated heterocycles. The number of urea groups is 1. The Labute approximate surface area is 133 Å². The van der Waals surface area contributed by atoms with Crippen molar-refractivity contribution >= 4 is 17.6 Å². The minimum atomic E-state index is -0.411. The van der Waals surface area contributed by atoms with Gasteiger partial charge in [-0.15, -0.1) is 0 Å². The van der Waals surface area contributed by atoms with Gasteiger partial charge in [-0.25, -0.2) is 9.18 Å². The molecule has 0 spiro atoms. The molecule has 3 fully saturated rings. The molecule has 0 saturated carbocycles. The molecule has 0 aliphatic carbocycles. The number of benzene rings is 1. The molecule has 1 aromatic rings. The summed E-state index contributed by atoms with van der Waals surface area (Å²) >= 11 is 0. The van der Waals surface area contributed by atoms with Gasteiger partial charge >= 0.3 is 6.03 Å². The number of nitrogens with zero attached hydrogens (tertiary/aromatic N) is 3. The highest BCUT2D eigenvalue weighted by molar-refractivity contribution is 6.00. The summed E-state index contributed by atoms with van der Waals surface area (Å²) in [6.45, 7) is 1.57. The van der Waals surface area contributed by atoms with Crippen molar-refractivity contribution in [3.8, 4) is 0 Å². The Hall–Kier alpha value is -2.19. The lowest BCUT2D eigenvalue weighted by Gasteiger charge is -2.42. The fourth-order valence-electron chi connectivity index (χ4n) is 3.66. The summed E-state index contributed by atoms with van der Waals surface area (Å²) in [5, 5.41) is 5.76. The highest BCUT2D eigenvalue weighted by Gasteiger charge is 2.53. The number of imide groups is 1. The standard InChI is InChI=1S/C15H18FN5O2/c1-19-12-11(13(22)18-15(19)23)21-8-2-7-20(14(21)17-12)10-5-3-9(16)4-6-10/h3-6,11-12,14,17H,2,7-8H2,1H3,(H,18,22,23). The summed E-state index contributed by atoms with van der Waals surface area (Å²) in [5.41, 5.74) is 0.890. The molecule has 8 heteroatoms. The fourth-order valence-corrected chi connectivity index (χ4v) is 3.66. The van der Waals surface area contributed by atoms with Crippen molar-refractivity contribution in [2.75, 3.05) is 25.0 Å². The van der Waals surface area contributed by atoms with Gasteiger partial charge in [-0.05, 0) is 30.7 Å². The number of halogens is 1. The van der Waals surface area contributed by atoms with E-state index in [1.54, 1.807) is 19.2 Å². The molecule has 1 aromatic carbocycles. The summed E-state index contributed by atoms with van der Waals surface area (Å²) in [6.07, 6.45) is 0.342. The van der Waals surface area contributed by atoms with Crippen LogP contribution in [-0.4, -0.2) is 60.4 Å². The Morgan fingerprint density at radius 3 is 2.65 bits per heavy atom. The van der Waals surface area contributed by atoms with Crippen LogP contribution in [0.25, 0.3) is 0 Å². The van der Waals surface area contributed by atoms with Crippen LogP contribution < -0.4 is 15.5 Å². The third-order valence-corrected chi connectivity index (χ3v) is 4.80. The van der Waals surface area contributed by atoms with Crippen LogP contribution in [0.2, 0.25) is 0 Å². The van der Waals surface area contributed by atoms with E-state index in [0.717, 1.165) is 25.2 Å². The highest BCUT2D eigenvalue weighted by atomic mass is 19.1. The van der Waals surface area contributed by atoms with Crippen molar-refractivity contribution in [3.63, 3.8) is 0 Å². The molecular weight excluding hydrogens is 301 g/mol. The van der Waals surface area contributed by atoms with Crippen LogP contribution in [-0.2, 0) is 4.79 Å². The molecule has 3 aliphatic heterocycles. The van der Waals surface area contributed by atoms with E-state index in [2.05, 4.69) is 20.4 Å². The molecular formula is C15H18FN5O2. The van der Waals surface area contributed by atoms with Crippen molar-refractivity contribution in [2.45, 2.75) is 24.9 Å². The number of amides is 3. The maximum absolute atomic E-state index is 13.2. The van der Waals surface area contributed by atoms with Gasteiger partial charge < -0.3 is 9.80 Å². The Kier molecular flexibility index (Phi) is 3.24. The van der Waals surface area contributed by atoms with E-state index in [4.69, 9.17) is 0 Å². The van der Waals surface area contributed by atoms with Crippen molar-refractivity contribution < 1.29 is 14.0 Å². The summed E-state index contributed by atoms with van der Waals surface area (Å²) in [6, 6.07) is 5.52. The van der Waals surface area contributed by atoms with E-state index in [-0.39, 0.29) is 24.2 Å². The lowest BCUT2D eigenvalue weighted by molar-refractivity contribution is -0.128. The van der Waals surface area contributed by atoms with Crippen molar-refractivity contribution in [2.24, 2.45) is 0 Å². The van der Waals surface area contributed by atoms with Crippen LogP contribution in [0.1, 0.15) is 6.42 Å². The number of hydrogen-bond acceptors (Lipinski definition) is 5. The maximum atomic E-state index is 13.2. The molecule has 0 aromatic heterocycles. The molecule has 7 nitrogen and oxygen atoms in total. The van der Waals surface area contributed by atoms with E-state index in [1.807, 2.05) is 0 Å². The zero-order valence-corrected chi connectivity index (χ0v) is 12.7.